The molecule has 3 heterocycles. The number of fused-ring (bicyclic) bond motifs is 1. The van der Waals surface area contributed by atoms with Crippen LogP contribution >= 0.6 is 22.9 Å². The van der Waals surface area contributed by atoms with E-state index in [0.29, 0.717) is 18.1 Å². The summed E-state index contributed by atoms with van der Waals surface area (Å²) >= 11 is 7.42. The summed E-state index contributed by atoms with van der Waals surface area (Å²) in [4.78, 5) is 20.3. The summed E-state index contributed by atoms with van der Waals surface area (Å²) in [6, 6.07) is 13.8. The molecule has 0 saturated carbocycles. The van der Waals surface area contributed by atoms with Crippen LogP contribution in [0.15, 0.2) is 54.7 Å². The lowest BCUT2D eigenvalue weighted by Crippen LogP contribution is -2.43. The van der Waals surface area contributed by atoms with Gasteiger partial charge in [0.2, 0.25) is 16.0 Å². The number of nitrogens with one attached hydrogen (secondary N) is 1. The molecule has 1 N–H and O–H groups in total. The minimum Gasteiger partial charge on any atom is -0.352 e. The number of hydrogen-bond donors (Lipinski definition) is 1. The van der Waals surface area contributed by atoms with Crippen molar-refractivity contribution in [3.63, 3.8) is 0 Å². The van der Waals surface area contributed by atoms with Crippen LogP contribution in [0.4, 0.5) is 9.52 Å². The average Bonchev–Trinajstić information content (AvgIpc) is 3.39. The molecule has 2 aromatic heterocycles. The summed E-state index contributed by atoms with van der Waals surface area (Å²) in [5.41, 5.74) is 2.63. The SMILES string of the molecule is O=C(NCc1ccc(Cl)cc1)[C@H]1CCCN(c2nn3cc(-c4ccc(F)cc4)nc3s2)C1. The molecule has 32 heavy (non-hydrogen) atoms. The minimum atomic E-state index is -0.271. The number of imidazole rings is 1. The molecule has 5 rings (SSSR count). The van der Waals surface area contributed by atoms with Gasteiger partial charge in [-0.2, -0.15) is 0 Å². The lowest BCUT2D eigenvalue weighted by molar-refractivity contribution is -0.125. The molecule has 1 atom stereocenters. The van der Waals surface area contributed by atoms with Crippen molar-refractivity contribution >= 4 is 38.9 Å². The van der Waals surface area contributed by atoms with E-state index < -0.39 is 0 Å². The average molecular weight is 470 g/mol. The fraction of sp³-hybridized carbons (Fsp3) is 0.261. The molecule has 0 aliphatic carbocycles. The zero-order valence-corrected chi connectivity index (χ0v) is 18.7. The third-order valence-corrected chi connectivity index (χ3v) is 6.85. The van der Waals surface area contributed by atoms with E-state index in [-0.39, 0.29) is 17.6 Å². The van der Waals surface area contributed by atoms with Crippen molar-refractivity contribution in [3.8, 4) is 11.3 Å². The molecule has 0 radical (unpaired) electrons. The Morgan fingerprint density at radius 3 is 2.72 bits per heavy atom. The van der Waals surface area contributed by atoms with Gasteiger partial charge in [0.15, 0.2) is 0 Å². The lowest BCUT2D eigenvalue weighted by Gasteiger charge is -2.31. The summed E-state index contributed by atoms with van der Waals surface area (Å²) in [6.07, 6.45) is 3.64. The number of halogens is 2. The Labute approximate surface area is 193 Å². The van der Waals surface area contributed by atoms with Crippen LogP contribution in [0.3, 0.4) is 0 Å². The normalized spacial score (nSPS) is 16.4. The van der Waals surface area contributed by atoms with Crippen LogP contribution in [0, 0.1) is 11.7 Å². The molecule has 0 unspecified atom stereocenters. The summed E-state index contributed by atoms with van der Waals surface area (Å²) in [7, 11) is 0. The number of nitrogens with zero attached hydrogens (tertiary/aromatic N) is 4. The highest BCUT2D eigenvalue weighted by molar-refractivity contribution is 7.20. The Kier molecular flexibility index (Phi) is 5.80. The Hall–Kier alpha value is -2.97. The molecule has 1 amide bonds. The minimum absolute atomic E-state index is 0.0598. The summed E-state index contributed by atoms with van der Waals surface area (Å²) in [6.45, 7) is 1.99. The highest BCUT2D eigenvalue weighted by Crippen LogP contribution is 2.30. The molecule has 0 bridgehead atoms. The lowest BCUT2D eigenvalue weighted by atomic mass is 9.97. The predicted molar refractivity (Wildman–Crippen MR) is 124 cm³/mol. The molecule has 1 aliphatic rings. The molecule has 1 saturated heterocycles. The van der Waals surface area contributed by atoms with Gasteiger partial charge in [-0.3, -0.25) is 4.79 Å². The highest BCUT2D eigenvalue weighted by atomic mass is 35.5. The van der Waals surface area contributed by atoms with Crippen molar-refractivity contribution in [2.75, 3.05) is 18.0 Å². The molecule has 4 aromatic rings. The number of aromatic nitrogens is 3. The van der Waals surface area contributed by atoms with Gasteiger partial charge in [0, 0.05) is 30.2 Å². The first-order valence-corrected chi connectivity index (χ1v) is 11.6. The molecule has 1 fully saturated rings. The number of anilines is 1. The summed E-state index contributed by atoms with van der Waals surface area (Å²) in [5.74, 6) is -0.293. The van der Waals surface area contributed by atoms with Crippen LogP contribution in [0.5, 0.6) is 0 Å². The zero-order valence-electron chi connectivity index (χ0n) is 17.2. The standard InChI is InChI=1S/C23H21ClFN5OS/c24-18-7-3-15(4-8-18)12-26-21(31)17-2-1-11-29(13-17)23-28-30-14-20(27-22(30)32-23)16-5-9-19(25)10-6-16/h3-10,14,17H,1-2,11-13H2,(H,26,31)/t17-/m0/s1. The smallest absolute Gasteiger partial charge is 0.225 e. The molecular formula is C23H21ClFN5OS. The molecular weight excluding hydrogens is 449 g/mol. The number of carbonyl (C=O) groups excluding carboxylic acids is 1. The zero-order chi connectivity index (χ0) is 22.1. The molecule has 9 heteroatoms. The van der Waals surface area contributed by atoms with Crippen LogP contribution in [0.1, 0.15) is 18.4 Å². The summed E-state index contributed by atoms with van der Waals surface area (Å²) < 4.78 is 14.9. The largest absolute Gasteiger partial charge is 0.352 e. The topological polar surface area (TPSA) is 62.5 Å². The fourth-order valence-corrected chi connectivity index (χ4v) is 4.92. The van der Waals surface area contributed by atoms with Crippen molar-refractivity contribution in [3.05, 3.63) is 71.1 Å². The first-order valence-electron chi connectivity index (χ1n) is 10.4. The van der Waals surface area contributed by atoms with Gasteiger partial charge in [-0.05, 0) is 54.8 Å². The number of carbonyl (C=O) groups is 1. The van der Waals surface area contributed by atoms with Gasteiger partial charge in [-0.25, -0.2) is 13.9 Å². The first-order chi connectivity index (χ1) is 15.5. The number of hydrogen-bond acceptors (Lipinski definition) is 5. The van der Waals surface area contributed by atoms with Gasteiger partial charge >= 0.3 is 0 Å². The maximum atomic E-state index is 13.2. The van der Waals surface area contributed by atoms with E-state index in [0.717, 1.165) is 46.3 Å². The Bertz CT molecular complexity index is 1210. The maximum absolute atomic E-state index is 13.2. The van der Waals surface area contributed by atoms with E-state index in [1.165, 1.54) is 23.5 Å². The van der Waals surface area contributed by atoms with E-state index in [1.807, 2.05) is 30.5 Å². The summed E-state index contributed by atoms with van der Waals surface area (Å²) in [5, 5.41) is 9.26. The van der Waals surface area contributed by atoms with E-state index >= 15 is 0 Å². The van der Waals surface area contributed by atoms with Gasteiger partial charge in [0.1, 0.15) is 5.82 Å². The van der Waals surface area contributed by atoms with Crippen LogP contribution in [0.2, 0.25) is 5.02 Å². The van der Waals surface area contributed by atoms with E-state index in [9.17, 15) is 9.18 Å². The third kappa shape index (κ3) is 4.47. The molecule has 1 aliphatic heterocycles. The molecule has 6 nitrogen and oxygen atoms in total. The van der Waals surface area contributed by atoms with Gasteiger partial charge < -0.3 is 10.2 Å². The predicted octanol–water partition coefficient (Wildman–Crippen LogP) is 4.78. The van der Waals surface area contributed by atoms with Crippen molar-refractivity contribution in [2.45, 2.75) is 19.4 Å². The van der Waals surface area contributed by atoms with E-state index in [1.54, 1.807) is 16.6 Å². The van der Waals surface area contributed by atoms with Gasteiger partial charge in [0.25, 0.3) is 0 Å². The maximum Gasteiger partial charge on any atom is 0.225 e. The van der Waals surface area contributed by atoms with Crippen molar-refractivity contribution < 1.29 is 9.18 Å². The Morgan fingerprint density at radius 2 is 1.97 bits per heavy atom. The molecule has 0 spiro atoms. The van der Waals surface area contributed by atoms with Crippen LogP contribution in [-0.4, -0.2) is 33.6 Å². The Morgan fingerprint density at radius 1 is 1.19 bits per heavy atom. The number of piperidine rings is 1. The van der Waals surface area contributed by atoms with E-state index in [2.05, 4.69) is 20.3 Å². The third-order valence-electron chi connectivity index (χ3n) is 5.62. The second-order valence-electron chi connectivity index (χ2n) is 7.87. The van der Waals surface area contributed by atoms with Gasteiger partial charge in [-0.1, -0.05) is 35.1 Å². The van der Waals surface area contributed by atoms with Gasteiger partial charge in [-0.15, -0.1) is 5.10 Å². The number of rotatable bonds is 5. The number of benzene rings is 2. The van der Waals surface area contributed by atoms with Crippen molar-refractivity contribution in [1.82, 2.24) is 19.9 Å². The first kappa shape index (κ1) is 20.9. The number of amides is 1. The van der Waals surface area contributed by atoms with Crippen molar-refractivity contribution in [1.29, 1.82) is 0 Å². The van der Waals surface area contributed by atoms with Crippen LogP contribution < -0.4 is 10.2 Å². The second kappa shape index (κ2) is 8.88. The van der Waals surface area contributed by atoms with Crippen molar-refractivity contribution in [2.24, 2.45) is 5.92 Å². The molecule has 2 aromatic carbocycles. The fourth-order valence-electron chi connectivity index (χ4n) is 3.88. The quantitative estimate of drug-likeness (QED) is 0.456. The van der Waals surface area contributed by atoms with E-state index in [4.69, 9.17) is 11.6 Å². The van der Waals surface area contributed by atoms with Crippen LogP contribution in [0.25, 0.3) is 16.2 Å². The monoisotopic (exact) mass is 469 g/mol. The van der Waals surface area contributed by atoms with Crippen LogP contribution in [-0.2, 0) is 11.3 Å². The Balaban J connectivity index is 1.24. The second-order valence-corrected chi connectivity index (χ2v) is 9.25. The molecule has 164 valence electrons. The highest BCUT2D eigenvalue weighted by Gasteiger charge is 2.27. The van der Waals surface area contributed by atoms with Gasteiger partial charge in [0.05, 0.1) is 17.8 Å².